The van der Waals surface area contributed by atoms with Gasteiger partial charge in [0.25, 0.3) is 0 Å². The van der Waals surface area contributed by atoms with E-state index in [9.17, 15) is 9.90 Å². The van der Waals surface area contributed by atoms with Gasteiger partial charge in [-0.2, -0.15) is 0 Å². The SMILES string of the molecule is C[C@H](CCC(=O)O)[C@H]1CC[C@H]2[C@@H]3CC[C@@H]4C[C@@H](O)CC[C@]4(C)C3=CC[C@]12C. The average Bonchev–Trinajstić information content (AvgIpc) is 2.97. The van der Waals surface area contributed by atoms with Gasteiger partial charge in [0.15, 0.2) is 0 Å². The molecule has 0 spiro atoms. The predicted molar refractivity (Wildman–Crippen MR) is 107 cm³/mol. The Morgan fingerprint density at radius 3 is 2.74 bits per heavy atom. The van der Waals surface area contributed by atoms with Crippen molar-refractivity contribution in [2.45, 2.75) is 91.1 Å². The lowest BCUT2D eigenvalue weighted by Gasteiger charge is -2.57. The smallest absolute Gasteiger partial charge is 0.303 e. The Balaban J connectivity index is 1.56. The Morgan fingerprint density at radius 1 is 1.22 bits per heavy atom. The molecule has 0 aromatic rings. The van der Waals surface area contributed by atoms with Crippen molar-refractivity contribution < 1.29 is 15.0 Å². The van der Waals surface area contributed by atoms with Crippen molar-refractivity contribution in [1.29, 1.82) is 0 Å². The number of rotatable bonds is 4. The van der Waals surface area contributed by atoms with E-state index in [1.54, 1.807) is 5.57 Å². The van der Waals surface area contributed by atoms with Crippen molar-refractivity contribution in [2.24, 2.45) is 40.4 Å². The van der Waals surface area contributed by atoms with Crippen LogP contribution in [0.3, 0.4) is 0 Å². The highest BCUT2D eigenvalue weighted by Gasteiger charge is 2.57. The zero-order valence-corrected chi connectivity index (χ0v) is 17.4. The Morgan fingerprint density at radius 2 is 2.00 bits per heavy atom. The molecule has 4 aliphatic rings. The topological polar surface area (TPSA) is 57.5 Å². The molecule has 0 aromatic heterocycles. The second kappa shape index (κ2) is 6.90. The van der Waals surface area contributed by atoms with Gasteiger partial charge in [-0.05, 0) is 98.2 Å². The lowest BCUT2D eigenvalue weighted by molar-refractivity contribution is -0.137. The quantitative estimate of drug-likeness (QED) is 0.645. The molecule has 0 aliphatic heterocycles. The van der Waals surface area contributed by atoms with Gasteiger partial charge in [0, 0.05) is 6.42 Å². The van der Waals surface area contributed by atoms with Gasteiger partial charge >= 0.3 is 5.97 Å². The number of aliphatic hydroxyl groups excluding tert-OH is 1. The fourth-order valence-corrected chi connectivity index (χ4v) is 8.03. The summed E-state index contributed by atoms with van der Waals surface area (Å²) in [5.41, 5.74) is 2.41. The van der Waals surface area contributed by atoms with Crippen molar-refractivity contribution in [2.75, 3.05) is 0 Å². The van der Waals surface area contributed by atoms with Crippen LogP contribution in [-0.2, 0) is 4.79 Å². The molecule has 0 bridgehead atoms. The van der Waals surface area contributed by atoms with Gasteiger partial charge < -0.3 is 10.2 Å². The lowest BCUT2D eigenvalue weighted by Crippen LogP contribution is -2.48. The van der Waals surface area contributed by atoms with E-state index in [0.29, 0.717) is 35.0 Å². The molecule has 3 nitrogen and oxygen atoms in total. The fourth-order valence-electron chi connectivity index (χ4n) is 8.03. The highest BCUT2D eigenvalue weighted by Crippen LogP contribution is 2.66. The number of carboxylic acid groups (broad SMARTS) is 1. The van der Waals surface area contributed by atoms with Gasteiger partial charge in [0.05, 0.1) is 6.10 Å². The zero-order chi connectivity index (χ0) is 19.4. The number of carbonyl (C=O) groups is 1. The van der Waals surface area contributed by atoms with E-state index in [1.165, 1.54) is 32.1 Å². The summed E-state index contributed by atoms with van der Waals surface area (Å²) in [6, 6.07) is 0. The lowest BCUT2D eigenvalue weighted by atomic mass is 9.48. The minimum absolute atomic E-state index is 0.0833. The minimum atomic E-state index is -0.655. The highest BCUT2D eigenvalue weighted by atomic mass is 16.4. The third-order valence-corrected chi connectivity index (χ3v) is 9.57. The van der Waals surface area contributed by atoms with Crippen LogP contribution in [0.15, 0.2) is 11.6 Å². The summed E-state index contributed by atoms with van der Waals surface area (Å²) >= 11 is 0. The number of aliphatic hydroxyl groups is 1. The van der Waals surface area contributed by atoms with E-state index in [2.05, 4.69) is 26.8 Å². The first-order valence-corrected chi connectivity index (χ1v) is 11.4. The number of fused-ring (bicyclic) bond motifs is 5. The van der Waals surface area contributed by atoms with Crippen molar-refractivity contribution in [3.8, 4) is 0 Å². The normalized spacial score (nSPS) is 47.4. The molecule has 27 heavy (non-hydrogen) atoms. The molecule has 3 saturated carbocycles. The van der Waals surface area contributed by atoms with Crippen molar-refractivity contribution in [1.82, 2.24) is 0 Å². The van der Waals surface area contributed by atoms with Crippen LogP contribution >= 0.6 is 0 Å². The van der Waals surface area contributed by atoms with Crippen LogP contribution in [0.4, 0.5) is 0 Å². The van der Waals surface area contributed by atoms with Gasteiger partial charge in [-0.3, -0.25) is 4.79 Å². The molecule has 0 unspecified atom stereocenters. The van der Waals surface area contributed by atoms with Crippen LogP contribution in [0, 0.1) is 40.4 Å². The molecule has 2 N–H and O–H groups in total. The Kier molecular flexibility index (Phi) is 4.98. The van der Waals surface area contributed by atoms with Gasteiger partial charge in [0.2, 0.25) is 0 Å². The van der Waals surface area contributed by atoms with E-state index in [1.807, 2.05) is 0 Å². The van der Waals surface area contributed by atoms with Gasteiger partial charge in [-0.25, -0.2) is 0 Å². The maximum atomic E-state index is 11.0. The fraction of sp³-hybridized carbons (Fsp3) is 0.875. The first-order chi connectivity index (χ1) is 12.8. The summed E-state index contributed by atoms with van der Waals surface area (Å²) < 4.78 is 0. The molecule has 0 heterocycles. The summed E-state index contributed by atoms with van der Waals surface area (Å²) in [7, 11) is 0. The molecule has 4 aliphatic carbocycles. The van der Waals surface area contributed by atoms with Crippen LogP contribution in [-0.4, -0.2) is 22.3 Å². The number of aliphatic carboxylic acids is 1. The standard InChI is InChI=1S/C24H38O3/c1-15(4-9-22(26)27)19-7-8-20-18-6-5-16-14-17(25)10-12-23(16,2)21(18)11-13-24(19,20)3/h11,15-20,25H,4-10,12-14H2,1-3H3,(H,26,27)/t15-,16-,17+,18+,19-,20+,23+,24-/m1/s1. The Bertz CT molecular complexity index is 625. The Hall–Kier alpha value is -0.830. The van der Waals surface area contributed by atoms with Crippen LogP contribution in [0.2, 0.25) is 0 Å². The predicted octanol–water partition coefficient (Wildman–Crippen LogP) is 5.43. The van der Waals surface area contributed by atoms with Crippen molar-refractivity contribution in [3.63, 3.8) is 0 Å². The summed E-state index contributed by atoms with van der Waals surface area (Å²) in [6.07, 6.45) is 13.1. The monoisotopic (exact) mass is 374 g/mol. The molecule has 0 amide bonds. The van der Waals surface area contributed by atoms with E-state index in [4.69, 9.17) is 5.11 Å². The van der Waals surface area contributed by atoms with Crippen LogP contribution in [0.1, 0.15) is 85.0 Å². The number of hydrogen-bond donors (Lipinski definition) is 2. The number of allylic oxidation sites excluding steroid dienone is 2. The number of hydrogen-bond acceptors (Lipinski definition) is 2. The van der Waals surface area contributed by atoms with Gasteiger partial charge in [-0.15, -0.1) is 0 Å². The summed E-state index contributed by atoms with van der Waals surface area (Å²) in [4.78, 5) is 11.0. The first-order valence-electron chi connectivity index (χ1n) is 11.4. The highest BCUT2D eigenvalue weighted by molar-refractivity contribution is 5.66. The van der Waals surface area contributed by atoms with E-state index >= 15 is 0 Å². The average molecular weight is 375 g/mol. The second-order valence-electron chi connectivity index (χ2n) is 10.8. The van der Waals surface area contributed by atoms with Gasteiger partial charge in [0.1, 0.15) is 0 Å². The molecule has 4 rings (SSSR count). The molecule has 3 heteroatoms. The minimum Gasteiger partial charge on any atom is -0.481 e. The molecule has 0 aromatic carbocycles. The maximum Gasteiger partial charge on any atom is 0.303 e. The first kappa shape index (κ1) is 19.5. The summed E-state index contributed by atoms with van der Waals surface area (Å²) in [6.45, 7) is 7.30. The van der Waals surface area contributed by atoms with E-state index < -0.39 is 5.97 Å². The van der Waals surface area contributed by atoms with Crippen molar-refractivity contribution in [3.05, 3.63) is 11.6 Å². The summed E-state index contributed by atoms with van der Waals surface area (Å²) in [5.74, 6) is 2.69. The van der Waals surface area contributed by atoms with Crippen LogP contribution in [0.5, 0.6) is 0 Å². The van der Waals surface area contributed by atoms with E-state index in [-0.39, 0.29) is 6.10 Å². The van der Waals surface area contributed by atoms with Gasteiger partial charge in [-0.1, -0.05) is 32.4 Å². The molecule has 0 radical (unpaired) electrons. The van der Waals surface area contributed by atoms with E-state index in [0.717, 1.165) is 37.5 Å². The summed E-state index contributed by atoms with van der Waals surface area (Å²) in [5, 5.41) is 19.3. The van der Waals surface area contributed by atoms with Crippen LogP contribution < -0.4 is 0 Å². The molecular formula is C24H38O3. The zero-order valence-electron chi connectivity index (χ0n) is 17.4. The van der Waals surface area contributed by atoms with Crippen molar-refractivity contribution >= 4 is 5.97 Å². The van der Waals surface area contributed by atoms with Crippen LogP contribution in [0.25, 0.3) is 0 Å². The molecular weight excluding hydrogens is 336 g/mol. The number of carboxylic acids is 1. The Labute approximate surface area is 164 Å². The molecule has 3 fully saturated rings. The molecule has 8 atom stereocenters. The largest absolute Gasteiger partial charge is 0.481 e. The maximum absolute atomic E-state index is 11.0. The molecule has 0 saturated heterocycles. The third-order valence-electron chi connectivity index (χ3n) is 9.57. The second-order valence-corrected chi connectivity index (χ2v) is 10.8. The third kappa shape index (κ3) is 3.09. The molecule has 152 valence electrons.